The predicted molar refractivity (Wildman–Crippen MR) is 84.3 cm³/mol. The van der Waals surface area contributed by atoms with Gasteiger partial charge in [0.05, 0.1) is 16.1 Å². The van der Waals surface area contributed by atoms with Gasteiger partial charge in [-0.1, -0.05) is 35.9 Å². The minimum absolute atomic E-state index is 0.132. The van der Waals surface area contributed by atoms with Crippen LogP contribution in [0.4, 0.5) is 0 Å². The van der Waals surface area contributed by atoms with Gasteiger partial charge < -0.3 is 8.83 Å². The molecule has 0 N–H and O–H groups in total. The summed E-state index contributed by atoms with van der Waals surface area (Å²) in [6.07, 6.45) is 0. The number of nitrogens with zero attached hydrogens (tertiary/aromatic N) is 3. The van der Waals surface area contributed by atoms with Crippen molar-refractivity contribution in [2.24, 2.45) is 0 Å². The van der Waals surface area contributed by atoms with Crippen molar-refractivity contribution in [1.29, 1.82) is 0 Å². The predicted octanol–water partition coefficient (Wildman–Crippen LogP) is 3.35. The Morgan fingerprint density at radius 2 is 1.78 bits per heavy atom. The number of hydrogen-bond donors (Lipinski definition) is 0. The lowest BCUT2D eigenvalue weighted by Gasteiger charge is -1.98. The summed E-state index contributed by atoms with van der Waals surface area (Å²) >= 11 is 6.12. The van der Waals surface area contributed by atoms with Crippen LogP contribution in [-0.4, -0.2) is 14.8 Å². The van der Waals surface area contributed by atoms with Crippen LogP contribution in [0.3, 0.4) is 0 Å². The van der Waals surface area contributed by atoms with Gasteiger partial charge in [0, 0.05) is 0 Å². The number of hydrogen-bond acceptors (Lipinski definition) is 5. The van der Waals surface area contributed by atoms with Gasteiger partial charge >= 0.3 is 5.76 Å². The number of benzene rings is 2. The van der Waals surface area contributed by atoms with E-state index in [4.69, 9.17) is 20.4 Å². The summed E-state index contributed by atoms with van der Waals surface area (Å²) in [5.74, 6) is 0.142. The van der Waals surface area contributed by atoms with Crippen molar-refractivity contribution in [3.05, 3.63) is 70.0 Å². The second-order valence-corrected chi connectivity index (χ2v) is 5.31. The van der Waals surface area contributed by atoms with Crippen LogP contribution in [0.15, 0.2) is 62.2 Å². The smallest absolute Gasteiger partial charge is 0.419 e. The van der Waals surface area contributed by atoms with Crippen LogP contribution in [0.5, 0.6) is 0 Å². The van der Waals surface area contributed by atoms with Gasteiger partial charge in [-0.05, 0) is 24.3 Å². The summed E-state index contributed by atoms with van der Waals surface area (Å²) in [7, 11) is 0. The zero-order chi connectivity index (χ0) is 15.8. The van der Waals surface area contributed by atoms with Crippen molar-refractivity contribution in [2.45, 2.75) is 6.54 Å². The first kappa shape index (κ1) is 13.8. The van der Waals surface area contributed by atoms with E-state index >= 15 is 0 Å². The summed E-state index contributed by atoms with van der Waals surface area (Å²) in [5.41, 5.74) is 1.84. The highest BCUT2D eigenvalue weighted by Crippen LogP contribution is 2.26. The lowest BCUT2D eigenvalue weighted by molar-refractivity contribution is 0.461. The molecule has 4 aromatic rings. The lowest BCUT2D eigenvalue weighted by Crippen LogP contribution is -2.15. The molecule has 0 spiro atoms. The minimum atomic E-state index is -0.469. The Bertz CT molecular complexity index is 1050. The van der Waals surface area contributed by atoms with Gasteiger partial charge in [-0.2, -0.15) is 0 Å². The number of para-hydroxylation sites is 2. The van der Waals surface area contributed by atoms with Crippen LogP contribution in [-0.2, 0) is 6.54 Å². The number of fused-ring (bicyclic) bond motifs is 1. The Morgan fingerprint density at radius 1 is 1.00 bits per heavy atom. The summed E-state index contributed by atoms with van der Waals surface area (Å²) in [5, 5.41) is 8.49. The van der Waals surface area contributed by atoms with E-state index in [1.165, 1.54) is 4.57 Å². The standard InChI is InChI=1S/C16H10ClN3O3/c17-11-6-2-1-5-10(11)15-19-18-14(23-15)9-20-12-7-3-4-8-13(12)22-16(20)21/h1-8H,9H2. The summed E-state index contributed by atoms with van der Waals surface area (Å²) in [4.78, 5) is 12.0. The Labute approximate surface area is 134 Å². The van der Waals surface area contributed by atoms with Gasteiger partial charge in [0.15, 0.2) is 5.58 Å². The third kappa shape index (κ3) is 2.43. The van der Waals surface area contributed by atoms with Gasteiger partial charge in [-0.15, -0.1) is 10.2 Å². The monoisotopic (exact) mass is 327 g/mol. The van der Waals surface area contributed by atoms with Crippen LogP contribution < -0.4 is 5.76 Å². The molecule has 0 saturated heterocycles. The van der Waals surface area contributed by atoms with Crippen LogP contribution in [0.1, 0.15) is 5.89 Å². The first-order valence-electron chi connectivity index (χ1n) is 6.88. The second-order valence-electron chi connectivity index (χ2n) is 4.90. The SMILES string of the molecule is O=c1oc2ccccc2n1Cc1nnc(-c2ccccc2Cl)o1. The molecule has 0 bridgehead atoms. The largest absolute Gasteiger partial charge is 0.420 e. The topological polar surface area (TPSA) is 74.1 Å². The van der Waals surface area contributed by atoms with Gasteiger partial charge in [-0.25, -0.2) is 4.79 Å². The van der Waals surface area contributed by atoms with Gasteiger partial charge in [0.1, 0.15) is 6.54 Å². The molecule has 2 aromatic carbocycles. The highest BCUT2D eigenvalue weighted by atomic mass is 35.5. The molecule has 114 valence electrons. The Hall–Kier alpha value is -2.86. The molecule has 0 aliphatic heterocycles. The fourth-order valence-corrected chi connectivity index (χ4v) is 2.58. The highest BCUT2D eigenvalue weighted by molar-refractivity contribution is 6.33. The molecule has 0 aliphatic rings. The first-order chi connectivity index (χ1) is 11.2. The number of oxazole rings is 1. The maximum Gasteiger partial charge on any atom is 0.420 e. The third-order valence-electron chi connectivity index (χ3n) is 3.44. The van der Waals surface area contributed by atoms with Crippen molar-refractivity contribution in [1.82, 2.24) is 14.8 Å². The first-order valence-corrected chi connectivity index (χ1v) is 7.26. The zero-order valence-electron chi connectivity index (χ0n) is 11.8. The molecule has 0 saturated carbocycles. The summed E-state index contributed by atoms with van der Waals surface area (Å²) in [6, 6.07) is 14.4. The van der Waals surface area contributed by atoms with Crippen LogP contribution >= 0.6 is 11.6 Å². The highest BCUT2D eigenvalue weighted by Gasteiger charge is 2.15. The van der Waals surface area contributed by atoms with E-state index in [9.17, 15) is 4.79 Å². The molecule has 0 atom stereocenters. The van der Waals surface area contributed by atoms with E-state index < -0.39 is 5.76 Å². The van der Waals surface area contributed by atoms with E-state index in [0.717, 1.165) is 0 Å². The summed E-state index contributed by atoms with van der Waals surface area (Å²) in [6.45, 7) is 0.132. The molecule has 0 amide bonds. The number of rotatable bonds is 3. The Morgan fingerprint density at radius 3 is 2.65 bits per heavy atom. The normalized spacial score (nSPS) is 11.2. The maximum atomic E-state index is 12.0. The average Bonchev–Trinajstić information content (AvgIpc) is 3.14. The molecule has 4 rings (SSSR count). The van der Waals surface area contributed by atoms with E-state index in [-0.39, 0.29) is 6.54 Å². The van der Waals surface area contributed by atoms with Crippen molar-refractivity contribution >= 4 is 22.7 Å². The molecule has 0 unspecified atom stereocenters. The molecule has 6 nitrogen and oxygen atoms in total. The number of aromatic nitrogens is 3. The average molecular weight is 328 g/mol. The Kier molecular flexibility index (Phi) is 3.24. The Balaban J connectivity index is 1.72. The molecule has 0 aliphatic carbocycles. The molecule has 2 aromatic heterocycles. The van der Waals surface area contributed by atoms with Crippen molar-refractivity contribution in [3.8, 4) is 11.5 Å². The number of halogens is 1. The van der Waals surface area contributed by atoms with Crippen LogP contribution in [0, 0.1) is 0 Å². The zero-order valence-corrected chi connectivity index (χ0v) is 12.5. The minimum Gasteiger partial charge on any atom is -0.419 e. The molecule has 7 heteroatoms. The molecular formula is C16H10ClN3O3. The molecule has 0 fully saturated rings. The van der Waals surface area contributed by atoms with Crippen molar-refractivity contribution in [3.63, 3.8) is 0 Å². The lowest BCUT2D eigenvalue weighted by atomic mass is 10.2. The molecule has 0 radical (unpaired) electrons. The van der Waals surface area contributed by atoms with E-state index in [0.29, 0.717) is 33.5 Å². The fraction of sp³-hybridized carbons (Fsp3) is 0.0625. The molecule has 23 heavy (non-hydrogen) atoms. The second kappa shape index (κ2) is 5.40. The fourth-order valence-electron chi connectivity index (χ4n) is 2.36. The van der Waals surface area contributed by atoms with Crippen molar-refractivity contribution in [2.75, 3.05) is 0 Å². The van der Waals surface area contributed by atoms with Gasteiger partial charge in [-0.3, -0.25) is 4.57 Å². The van der Waals surface area contributed by atoms with E-state index in [1.807, 2.05) is 18.2 Å². The van der Waals surface area contributed by atoms with Crippen LogP contribution in [0.25, 0.3) is 22.6 Å². The van der Waals surface area contributed by atoms with Crippen LogP contribution in [0.2, 0.25) is 5.02 Å². The van der Waals surface area contributed by atoms with E-state index in [1.54, 1.807) is 30.3 Å². The maximum absolute atomic E-state index is 12.0. The third-order valence-corrected chi connectivity index (χ3v) is 3.77. The van der Waals surface area contributed by atoms with Crippen molar-refractivity contribution < 1.29 is 8.83 Å². The molecule has 2 heterocycles. The quantitative estimate of drug-likeness (QED) is 0.577. The van der Waals surface area contributed by atoms with E-state index in [2.05, 4.69) is 10.2 Å². The van der Waals surface area contributed by atoms with Gasteiger partial charge in [0.2, 0.25) is 11.8 Å². The summed E-state index contributed by atoms with van der Waals surface area (Å²) < 4.78 is 12.2. The van der Waals surface area contributed by atoms with Gasteiger partial charge in [0.25, 0.3) is 0 Å². The molecular weight excluding hydrogens is 318 g/mol.